The van der Waals surface area contributed by atoms with Crippen molar-refractivity contribution in [2.24, 2.45) is 0 Å². The molecular weight excluding hydrogens is 240 g/mol. The van der Waals surface area contributed by atoms with E-state index < -0.39 is 23.8 Å². The maximum atomic E-state index is 13.2. The molecule has 3 nitrogen and oxygen atoms in total. The Bertz CT molecular complexity index is 456. The zero-order valence-corrected chi connectivity index (χ0v) is 10.5. The normalized spacial score (nSPS) is 23.7. The van der Waals surface area contributed by atoms with E-state index in [1.807, 2.05) is 13.8 Å². The Morgan fingerprint density at radius 2 is 1.78 bits per heavy atom. The summed E-state index contributed by atoms with van der Waals surface area (Å²) in [4.78, 5) is 13.3. The molecule has 0 aliphatic carbocycles. The minimum Gasteiger partial charge on any atom is -0.439 e. The maximum Gasteiger partial charge on any atom is 0.411 e. The van der Waals surface area contributed by atoms with Crippen molar-refractivity contribution in [3.8, 4) is 0 Å². The molecule has 18 heavy (non-hydrogen) atoms. The molecule has 1 aliphatic heterocycles. The van der Waals surface area contributed by atoms with Crippen molar-refractivity contribution in [3.63, 3.8) is 0 Å². The van der Waals surface area contributed by atoms with Crippen molar-refractivity contribution >= 4 is 6.09 Å². The van der Waals surface area contributed by atoms with Gasteiger partial charge in [0.15, 0.2) is 0 Å². The average molecular weight is 255 g/mol. The molecule has 1 fully saturated rings. The summed E-state index contributed by atoms with van der Waals surface area (Å²) in [5, 5.41) is 0. The number of benzene rings is 1. The Morgan fingerprint density at radius 3 is 2.22 bits per heavy atom. The van der Waals surface area contributed by atoms with Gasteiger partial charge in [0.1, 0.15) is 17.7 Å². The molecule has 1 aromatic rings. The summed E-state index contributed by atoms with van der Waals surface area (Å²) in [5.41, 5.74) is 0.344. The van der Waals surface area contributed by atoms with Gasteiger partial charge in [0.2, 0.25) is 0 Å². The number of hydrogen-bond donors (Lipinski definition) is 0. The number of carbonyl (C=O) groups excluding carboxylic acids is 1. The molecule has 2 rings (SSSR count). The lowest BCUT2D eigenvalue weighted by molar-refractivity contribution is 0.128. The van der Waals surface area contributed by atoms with E-state index in [1.165, 1.54) is 12.1 Å². The maximum absolute atomic E-state index is 13.2. The third kappa shape index (κ3) is 2.17. The quantitative estimate of drug-likeness (QED) is 0.811. The summed E-state index contributed by atoms with van der Waals surface area (Å²) in [5.74, 6) is -1.34. The Hall–Kier alpha value is -1.65. The van der Waals surface area contributed by atoms with Crippen LogP contribution in [0.4, 0.5) is 13.6 Å². The van der Waals surface area contributed by atoms with Crippen LogP contribution >= 0.6 is 0 Å². The minimum atomic E-state index is -0.670. The number of carbonyl (C=O) groups is 1. The van der Waals surface area contributed by atoms with Crippen molar-refractivity contribution in [1.82, 2.24) is 4.90 Å². The highest BCUT2D eigenvalue weighted by molar-refractivity contribution is 5.71. The van der Waals surface area contributed by atoms with Crippen molar-refractivity contribution in [2.75, 3.05) is 0 Å². The lowest BCUT2D eigenvalue weighted by atomic mass is 10.0. The SMILES string of the molecule is CC(C)N1C(=O)O[C@H](c2cc(F)cc(F)c2)[C@@H]1C. The zero-order chi connectivity index (χ0) is 13.4. The Morgan fingerprint density at radius 1 is 1.22 bits per heavy atom. The van der Waals surface area contributed by atoms with Crippen LogP contribution in [0.5, 0.6) is 0 Å². The second kappa shape index (κ2) is 4.55. The van der Waals surface area contributed by atoms with Gasteiger partial charge in [-0.25, -0.2) is 13.6 Å². The van der Waals surface area contributed by atoms with E-state index in [2.05, 4.69) is 0 Å². The molecule has 1 amide bonds. The molecule has 2 atom stereocenters. The van der Waals surface area contributed by atoms with E-state index in [0.29, 0.717) is 5.56 Å². The number of amides is 1. The van der Waals surface area contributed by atoms with Gasteiger partial charge in [0, 0.05) is 17.7 Å². The second-order valence-corrected chi connectivity index (χ2v) is 4.75. The van der Waals surface area contributed by atoms with Crippen LogP contribution in [0.15, 0.2) is 18.2 Å². The number of nitrogens with zero attached hydrogens (tertiary/aromatic N) is 1. The first-order valence-electron chi connectivity index (χ1n) is 5.85. The fraction of sp³-hybridized carbons (Fsp3) is 0.462. The van der Waals surface area contributed by atoms with Crippen molar-refractivity contribution in [2.45, 2.75) is 39.0 Å². The fourth-order valence-corrected chi connectivity index (χ4v) is 2.35. The predicted molar refractivity (Wildman–Crippen MR) is 62.0 cm³/mol. The third-order valence-electron chi connectivity index (χ3n) is 3.09. The molecule has 1 heterocycles. The molecule has 0 saturated carbocycles. The van der Waals surface area contributed by atoms with Gasteiger partial charge < -0.3 is 4.74 Å². The van der Waals surface area contributed by atoms with Gasteiger partial charge in [-0.05, 0) is 32.9 Å². The van der Waals surface area contributed by atoms with E-state index in [1.54, 1.807) is 11.8 Å². The van der Waals surface area contributed by atoms with E-state index in [0.717, 1.165) is 6.07 Å². The van der Waals surface area contributed by atoms with Crippen molar-refractivity contribution in [3.05, 3.63) is 35.4 Å². The highest BCUT2D eigenvalue weighted by Crippen LogP contribution is 2.34. The molecule has 0 unspecified atom stereocenters. The summed E-state index contributed by atoms with van der Waals surface area (Å²) < 4.78 is 31.5. The number of rotatable bonds is 2. The largest absolute Gasteiger partial charge is 0.439 e. The highest BCUT2D eigenvalue weighted by Gasteiger charge is 2.41. The second-order valence-electron chi connectivity index (χ2n) is 4.75. The standard InChI is InChI=1S/C13H15F2NO2/c1-7(2)16-8(3)12(18-13(16)17)9-4-10(14)6-11(15)5-9/h4-8,12H,1-3H3/t8-,12-/m0/s1. The van der Waals surface area contributed by atoms with Crippen LogP contribution in [0.3, 0.4) is 0 Å². The number of ether oxygens (including phenoxy) is 1. The van der Waals surface area contributed by atoms with Crippen LogP contribution < -0.4 is 0 Å². The molecule has 5 heteroatoms. The first-order valence-corrected chi connectivity index (χ1v) is 5.85. The molecule has 0 radical (unpaired) electrons. The van der Waals surface area contributed by atoms with Crippen LogP contribution in [0.2, 0.25) is 0 Å². The van der Waals surface area contributed by atoms with Gasteiger partial charge in [0.25, 0.3) is 0 Å². The van der Waals surface area contributed by atoms with Crippen molar-refractivity contribution in [1.29, 1.82) is 0 Å². The van der Waals surface area contributed by atoms with Crippen molar-refractivity contribution < 1.29 is 18.3 Å². The Labute approximate surface area is 104 Å². The number of hydrogen-bond acceptors (Lipinski definition) is 2. The fourth-order valence-electron chi connectivity index (χ4n) is 2.35. The molecule has 0 spiro atoms. The van der Waals surface area contributed by atoms with E-state index >= 15 is 0 Å². The summed E-state index contributed by atoms with van der Waals surface area (Å²) in [6.07, 6.45) is -1.09. The van der Waals surface area contributed by atoms with Gasteiger partial charge in [-0.1, -0.05) is 0 Å². The Kier molecular flexibility index (Phi) is 3.24. The molecule has 1 saturated heterocycles. The highest BCUT2D eigenvalue weighted by atomic mass is 19.1. The summed E-state index contributed by atoms with van der Waals surface area (Å²) in [7, 11) is 0. The van der Waals surface area contributed by atoms with Crippen LogP contribution in [-0.4, -0.2) is 23.1 Å². The monoisotopic (exact) mass is 255 g/mol. The zero-order valence-electron chi connectivity index (χ0n) is 10.5. The summed E-state index contributed by atoms with van der Waals surface area (Å²) >= 11 is 0. The topological polar surface area (TPSA) is 29.5 Å². The van der Waals surface area contributed by atoms with Crippen LogP contribution in [-0.2, 0) is 4.74 Å². The molecule has 1 aliphatic rings. The molecule has 98 valence electrons. The number of halogens is 2. The summed E-state index contributed by atoms with van der Waals surface area (Å²) in [6.45, 7) is 5.54. The van der Waals surface area contributed by atoms with Gasteiger partial charge in [-0.3, -0.25) is 4.90 Å². The molecule has 1 aromatic carbocycles. The smallest absolute Gasteiger partial charge is 0.411 e. The third-order valence-corrected chi connectivity index (χ3v) is 3.09. The lowest BCUT2D eigenvalue weighted by Gasteiger charge is -2.24. The summed E-state index contributed by atoms with van der Waals surface area (Å²) in [6, 6.07) is 2.92. The molecule has 0 bridgehead atoms. The van der Waals surface area contributed by atoms with Gasteiger partial charge >= 0.3 is 6.09 Å². The lowest BCUT2D eigenvalue weighted by Crippen LogP contribution is -2.37. The number of cyclic esters (lactones) is 1. The van der Waals surface area contributed by atoms with Crippen LogP contribution in [0.25, 0.3) is 0 Å². The van der Waals surface area contributed by atoms with E-state index in [-0.39, 0.29) is 12.1 Å². The van der Waals surface area contributed by atoms with Crippen LogP contribution in [0.1, 0.15) is 32.4 Å². The predicted octanol–water partition coefficient (Wildman–Crippen LogP) is 3.26. The van der Waals surface area contributed by atoms with Gasteiger partial charge in [-0.15, -0.1) is 0 Å². The minimum absolute atomic E-state index is 0.0177. The molecular formula is C13H15F2NO2. The van der Waals surface area contributed by atoms with Gasteiger partial charge in [-0.2, -0.15) is 0 Å². The average Bonchev–Trinajstić information content (AvgIpc) is 2.52. The first kappa shape index (κ1) is 12.8. The Balaban J connectivity index is 2.32. The van der Waals surface area contributed by atoms with Gasteiger partial charge in [0.05, 0.1) is 6.04 Å². The first-order chi connectivity index (χ1) is 8.40. The van der Waals surface area contributed by atoms with E-state index in [4.69, 9.17) is 4.74 Å². The van der Waals surface area contributed by atoms with Crippen LogP contribution in [0, 0.1) is 11.6 Å². The molecule has 0 aromatic heterocycles. The van der Waals surface area contributed by atoms with E-state index in [9.17, 15) is 13.6 Å². The molecule has 0 N–H and O–H groups in total.